The fourth-order valence-corrected chi connectivity index (χ4v) is 10.4. The van der Waals surface area contributed by atoms with Crippen LogP contribution in [0.2, 0.25) is 0 Å². The van der Waals surface area contributed by atoms with E-state index in [0.717, 1.165) is 44.3 Å². The summed E-state index contributed by atoms with van der Waals surface area (Å²) in [6.45, 7) is 2.03. The lowest BCUT2D eigenvalue weighted by atomic mass is 9.97. The Balaban J connectivity index is 0.000000187. The highest BCUT2D eigenvalue weighted by atomic mass is 79.9. The molecule has 480 valence electrons. The molecule has 5 N–H and O–H groups in total. The lowest BCUT2D eigenvalue weighted by Crippen LogP contribution is -2.42. The van der Waals surface area contributed by atoms with Crippen LogP contribution in [0.25, 0.3) is 38.4 Å². The van der Waals surface area contributed by atoms with Crippen molar-refractivity contribution in [3.05, 3.63) is 245 Å². The second kappa shape index (κ2) is 31.2. The number of nitrogens with two attached hydrogens (primary N) is 1. The van der Waals surface area contributed by atoms with Gasteiger partial charge in [0.25, 0.3) is 11.5 Å². The molecule has 19 nitrogen and oxygen atoms in total. The zero-order valence-corrected chi connectivity index (χ0v) is 53.9. The number of aliphatic hydroxyl groups is 2. The number of fused-ring (bicyclic) bond motifs is 3. The molecule has 0 aliphatic heterocycles. The summed E-state index contributed by atoms with van der Waals surface area (Å²) in [5, 5.41) is 26.5. The van der Waals surface area contributed by atoms with E-state index in [0.29, 0.717) is 90.3 Å². The standard InChI is InChI=1S/C32H28F2N4O6.C18H17FN2O3.C11H10BrNO2.C7H4BrFO/c1-4-13-37-17-24(31(41)38(32(37)42)20-8-5-18(33)6-9-20)30(40)36-19-7-10-22(25(34)14-19)29(39)21-11-12-35-26-16-28(44-3)27(43-2)15-23(21)26;1-23-16-8-13-11(5-6-21-15(13)9-17(16)24-2)18(22)12-4-3-10(20)7-14(12)19;1-14-10-5-7-8(12)3-4-13-9(7)6-11(10)15-2;8-6-2-1-5(4-10)7(9)3-6/h5-12,14-17,29,39H,4,13H2,1-3H3,(H,36,40);3-9,18,22H,20H2,1-2H3;3-6H,1-2H3;1-4H. The maximum Gasteiger partial charge on any atom is 0.335 e. The van der Waals surface area contributed by atoms with Crippen LogP contribution >= 0.6 is 31.9 Å². The van der Waals surface area contributed by atoms with Crippen LogP contribution in [0.5, 0.6) is 34.5 Å². The van der Waals surface area contributed by atoms with Gasteiger partial charge in [-0.15, -0.1) is 0 Å². The zero-order chi connectivity index (χ0) is 67.2. The van der Waals surface area contributed by atoms with Gasteiger partial charge in [0, 0.05) is 97.1 Å². The molecule has 4 aromatic heterocycles. The predicted octanol–water partition coefficient (Wildman–Crippen LogP) is 13.1. The van der Waals surface area contributed by atoms with Gasteiger partial charge >= 0.3 is 5.69 Å². The largest absolute Gasteiger partial charge is 0.493 e. The Kier molecular flexibility index (Phi) is 23.1. The van der Waals surface area contributed by atoms with Crippen molar-refractivity contribution in [3.63, 3.8) is 0 Å². The monoisotopic (exact) mass is 1400 g/mol. The predicted molar refractivity (Wildman–Crippen MR) is 352 cm³/mol. The third-order valence-corrected chi connectivity index (χ3v) is 15.4. The highest BCUT2D eigenvalue weighted by Gasteiger charge is 2.24. The number of methoxy groups -OCH3 is 6. The lowest BCUT2D eigenvalue weighted by Gasteiger charge is -2.17. The molecular weight excluding hydrogens is 1340 g/mol. The van der Waals surface area contributed by atoms with Crippen LogP contribution in [-0.4, -0.2) is 89.2 Å². The molecule has 11 aromatic rings. The van der Waals surface area contributed by atoms with Gasteiger partial charge in [0.2, 0.25) is 0 Å². The highest BCUT2D eigenvalue weighted by molar-refractivity contribution is 9.11. The number of hydrogen-bond acceptors (Lipinski definition) is 16. The van der Waals surface area contributed by atoms with Gasteiger partial charge in [0.05, 0.1) is 70.5 Å². The first-order chi connectivity index (χ1) is 44.7. The van der Waals surface area contributed by atoms with Gasteiger partial charge in [-0.2, -0.15) is 0 Å². The summed E-state index contributed by atoms with van der Waals surface area (Å²) < 4.78 is 90.9. The quantitative estimate of drug-likeness (QED) is 0.0399. The number of benzene rings is 7. The summed E-state index contributed by atoms with van der Waals surface area (Å²) >= 11 is 6.54. The van der Waals surface area contributed by atoms with E-state index in [1.165, 1.54) is 87.7 Å². The van der Waals surface area contributed by atoms with E-state index >= 15 is 4.39 Å². The molecule has 0 bridgehead atoms. The molecule has 1 amide bonds. The molecule has 7 aromatic carbocycles. The van der Waals surface area contributed by atoms with E-state index in [1.807, 2.05) is 25.1 Å². The van der Waals surface area contributed by atoms with Gasteiger partial charge in [0.15, 0.2) is 40.8 Å². The lowest BCUT2D eigenvalue weighted by molar-refractivity contribution is 0.102. The number of nitrogens with one attached hydrogen (secondary N) is 1. The maximum atomic E-state index is 15.4. The number of pyridine rings is 3. The first-order valence-corrected chi connectivity index (χ1v) is 29.5. The molecule has 25 heteroatoms. The maximum absolute atomic E-state index is 15.4. The first-order valence-electron chi connectivity index (χ1n) is 27.9. The van der Waals surface area contributed by atoms with Crippen LogP contribution in [0.3, 0.4) is 0 Å². The van der Waals surface area contributed by atoms with Crippen LogP contribution in [0, 0.1) is 23.3 Å². The Morgan fingerprint density at radius 2 is 1.05 bits per heavy atom. The number of nitrogens with zero attached hydrogens (tertiary/aromatic N) is 5. The van der Waals surface area contributed by atoms with Crippen LogP contribution < -0.4 is 50.7 Å². The van der Waals surface area contributed by atoms with Crippen LogP contribution in [0.1, 0.15) is 68.5 Å². The second-order valence-electron chi connectivity index (χ2n) is 20.0. The molecule has 0 saturated carbocycles. The van der Waals surface area contributed by atoms with Crippen molar-refractivity contribution in [1.82, 2.24) is 24.1 Å². The number of amides is 1. The van der Waals surface area contributed by atoms with Crippen molar-refractivity contribution in [2.75, 3.05) is 53.7 Å². The molecule has 2 atom stereocenters. The second-order valence-corrected chi connectivity index (χ2v) is 21.7. The number of anilines is 2. The molecule has 0 aliphatic rings. The number of carbonyl (C=O) groups is 2. The number of aryl methyl sites for hydroxylation is 1. The number of aldehydes is 1. The highest BCUT2D eigenvalue weighted by Crippen LogP contribution is 2.39. The normalized spacial score (nSPS) is 11.4. The van der Waals surface area contributed by atoms with Crippen molar-refractivity contribution in [2.45, 2.75) is 32.1 Å². The van der Waals surface area contributed by atoms with E-state index in [4.69, 9.17) is 34.2 Å². The van der Waals surface area contributed by atoms with Gasteiger partial charge in [0.1, 0.15) is 41.0 Å². The Bertz CT molecular complexity index is 4680. The number of carbonyl (C=O) groups excluding carboxylic acids is 2. The van der Waals surface area contributed by atoms with Gasteiger partial charge in [-0.05, 0) is 121 Å². The van der Waals surface area contributed by atoms with Gasteiger partial charge in [-0.1, -0.05) is 50.9 Å². The molecule has 0 aliphatic carbocycles. The van der Waals surface area contributed by atoms with E-state index in [1.54, 1.807) is 75.1 Å². The Morgan fingerprint density at radius 3 is 1.53 bits per heavy atom. The topological polar surface area (TPSA) is 251 Å². The van der Waals surface area contributed by atoms with Crippen molar-refractivity contribution < 1.29 is 65.8 Å². The van der Waals surface area contributed by atoms with Gasteiger partial charge in [-0.25, -0.2) is 26.9 Å². The fraction of sp³-hybridized carbons (Fsp3) is 0.162. The number of aliphatic hydroxyl groups excluding tert-OH is 2. The average Bonchev–Trinajstić information content (AvgIpc) is 0.820. The number of aromatic nitrogens is 5. The molecule has 93 heavy (non-hydrogen) atoms. The van der Waals surface area contributed by atoms with Crippen LogP contribution in [0.4, 0.5) is 28.9 Å². The molecule has 0 spiro atoms. The van der Waals surface area contributed by atoms with Crippen molar-refractivity contribution >= 4 is 88.1 Å². The summed E-state index contributed by atoms with van der Waals surface area (Å²) in [6.07, 6.45) is 4.40. The van der Waals surface area contributed by atoms with Crippen molar-refractivity contribution in [2.24, 2.45) is 0 Å². The smallest absolute Gasteiger partial charge is 0.335 e. The molecule has 0 saturated heterocycles. The summed E-state index contributed by atoms with van der Waals surface area (Å²) in [5.41, 5.74) is 7.01. The number of ether oxygens (including phenoxy) is 6. The van der Waals surface area contributed by atoms with E-state index in [9.17, 15) is 42.6 Å². The minimum atomic E-state index is -1.40. The fourth-order valence-electron chi connectivity index (χ4n) is 9.60. The summed E-state index contributed by atoms with van der Waals surface area (Å²) in [4.78, 5) is 62.5. The minimum Gasteiger partial charge on any atom is -0.493 e. The SMILES string of the molecule is CCCn1cc(C(=O)Nc2ccc(C(O)c3ccnc4cc(OC)c(OC)cc34)c(F)c2)c(=O)n(-c2ccc(F)cc2)c1=O.COc1cc2nccc(Br)c2cc1OC.COc1cc2nccc(C(O)c3ccc(N)cc3F)c2cc1OC.O=Cc1ccc(Br)cc1F. The summed E-state index contributed by atoms with van der Waals surface area (Å²) in [7, 11) is 9.25. The third kappa shape index (κ3) is 15.8. The Hall–Kier alpha value is -10.2. The average molecular weight is 1400 g/mol. The third-order valence-electron chi connectivity index (χ3n) is 14.3. The Morgan fingerprint density at radius 1 is 0.581 bits per heavy atom. The first kappa shape index (κ1) is 68.7. The minimum absolute atomic E-state index is 0.00964. The number of hydrogen-bond donors (Lipinski definition) is 4. The molecule has 11 rings (SSSR count). The van der Waals surface area contributed by atoms with Crippen molar-refractivity contribution in [1.29, 1.82) is 0 Å². The zero-order valence-electron chi connectivity index (χ0n) is 50.7. The number of nitrogen functional groups attached to an aromatic ring is 1. The number of rotatable bonds is 16. The molecule has 4 heterocycles. The Labute approximate surface area is 545 Å². The number of halogens is 6. The van der Waals surface area contributed by atoms with Crippen LogP contribution in [0.15, 0.2) is 177 Å². The van der Waals surface area contributed by atoms with E-state index in [2.05, 4.69) is 52.1 Å². The van der Waals surface area contributed by atoms with Gasteiger partial charge in [-0.3, -0.25) is 33.9 Å². The summed E-state index contributed by atoms with van der Waals surface area (Å²) in [6, 6.07) is 32.5. The molecule has 2 unspecified atom stereocenters. The molecule has 0 fully saturated rings. The summed E-state index contributed by atoms with van der Waals surface area (Å²) in [5.74, 6) is -0.0374. The molecular formula is C68H59Br2F4N7O12. The van der Waals surface area contributed by atoms with Crippen LogP contribution in [-0.2, 0) is 6.54 Å². The van der Waals surface area contributed by atoms with Gasteiger partial charge < -0.3 is 49.7 Å². The molecule has 0 radical (unpaired) electrons. The van der Waals surface area contributed by atoms with E-state index in [-0.39, 0.29) is 40.2 Å². The van der Waals surface area contributed by atoms with E-state index < -0.39 is 52.6 Å². The van der Waals surface area contributed by atoms with Crippen molar-refractivity contribution in [3.8, 4) is 40.2 Å².